The van der Waals surface area contributed by atoms with Crippen molar-refractivity contribution in [3.8, 4) is 0 Å². The Kier molecular flexibility index (Phi) is 4.03. The van der Waals surface area contributed by atoms with E-state index in [-0.39, 0.29) is 11.8 Å². The number of aliphatic hydroxyl groups excluding tert-OH is 1. The van der Waals surface area contributed by atoms with Crippen molar-refractivity contribution in [1.29, 1.82) is 0 Å². The maximum Gasteiger partial charge on any atom is 0.305 e. The number of hydrogen-bond acceptors (Lipinski definition) is 6. The van der Waals surface area contributed by atoms with E-state index in [0.717, 1.165) is 25.7 Å². The molecule has 1 aromatic rings. The maximum atomic E-state index is 10.4. The first-order valence-electron chi connectivity index (χ1n) is 6.03. The van der Waals surface area contributed by atoms with Crippen LogP contribution in [-0.4, -0.2) is 32.6 Å². The predicted octanol–water partition coefficient (Wildman–Crippen LogP) is 1.35. The molecule has 18 heavy (non-hydrogen) atoms. The van der Waals surface area contributed by atoms with Gasteiger partial charge >= 0.3 is 5.69 Å². The summed E-state index contributed by atoms with van der Waals surface area (Å²) in [5.41, 5.74) is -0.117. The Balaban J connectivity index is 1.84. The first-order chi connectivity index (χ1) is 8.65. The molecule has 0 spiro atoms. The van der Waals surface area contributed by atoms with Gasteiger partial charge in [0.15, 0.2) is 0 Å². The molecule has 2 N–H and O–H groups in total. The zero-order valence-corrected chi connectivity index (χ0v) is 9.95. The monoisotopic (exact) mass is 252 g/mol. The van der Waals surface area contributed by atoms with E-state index in [1.807, 2.05) is 0 Å². The standard InChI is InChI=1S/C11H16N4O3/c16-10-3-1-2-8(4-10)5-12-11-13-6-9(7-14-11)15(17)18/h6-8,10,16H,1-5H2,(H,12,13,14). The molecule has 0 bridgehead atoms. The number of rotatable bonds is 4. The van der Waals surface area contributed by atoms with Gasteiger partial charge in [-0.2, -0.15) is 0 Å². The summed E-state index contributed by atoms with van der Waals surface area (Å²) in [6, 6.07) is 0. The normalized spacial score (nSPS) is 23.6. The Morgan fingerprint density at radius 2 is 2.17 bits per heavy atom. The molecule has 1 aliphatic rings. The molecule has 2 rings (SSSR count). The number of nitro groups is 1. The summed E-state index contributed by atoms with van der Waals surface area (Å²) in [6.45, 7) is 0.689. The summed E-state index contributed by atoms with van der Waals surface area (Å²) in [6.07, 6.45) is 5.95. The first kappa shape index (κ1) is 12.7. The zero-order valence-electron chi connectivity index (χ0n) is 9.95. The smallest absolute Gasteiger partial charge is 0.305 e. The second kappa shape index (κ2) is 5.72. The average molecular weight is 252 g/mol. The molecular formula is C11H16N4O3. The van der Waals surface area contributed by atoms with Crippen molar-refractivity contribution in [2.24, 2.45) is 5.92 Å². The second-order valence-corrected chi connectivity index (χ2v) is 4.59. The highest BCUT2D eigenvalue weighted by atomic mass is 16.6. The molecule has 1 aliphatic carbocycles. The van der Waals surface area contributed by atoms with Crippen molar-refractivity contribution in [1.82, 2.24) is 9.97 Å². The van der Waals surface area contributed by atoms with Crippen LogP contribution < -0.4 is 5.32 Å². The van der Waals surface area contributed by atoms with E-state index >= 15 is 0 Å². The molecule has 1 saturated carbocycles. The largest absolute Gasteiger partial charge is 0.393 e. The average Bonchev–Trinajstić information content (AvgIpc) is 2.37. The number of nitrogens with one attached hydrogen (secondary N) is 1. The maximum absolute atomic E-state index is 10.4. The van der Waals surface area contributed by atoms with E-state index in [4.69, 9.17) is 0 Å². The Morgan fingerprint density at radius 3 is 2.78 bits per heavy atom. The van der Waals surface area contributed by atoms with Crippen LogP contribution in [0.3, 0.4) is 0 Å². The quantitative estimate of drug-likeness (QED) is 0.619. The van der Waals surface area contributed by atoms with Crippen molar-refractivity contribution in [3.63, 3.8) is 0 Å². The summed E-state index contributed by atoms with van der Waals surface area (Å²) in [5.74, 6) is 0.799. The lowest BCUT2D eigenvalue weighted by Gasteiger charge is -2.25. The van der Waals surface area contributed by atoms with Gasteiger partial charge in [-0.15, -0.1) is 0 Å². The SMILES string of the molecule is O=[N+]([O-])c1cnc(NCC2CCCC(O)C2)nc1. The molecule has 1 aromatic heterocycles. The summed E-state index contributed by atoms with van der Waals surface area (Å²) in [4.78, 5) is 17.7. The van der Waals surface area contributed by atoms with Crippen LogP contribution in [0.2, 0.25) is 0 Å². The van der Waals surface area contributed by atoms with Crippen LogP contribution in [0.5, 0.6) is 0 Å². The molecule has 0 saturated heterocycles. The van der Waals surface area contributed by atoms with Gasteiger partial charge in [0.25, 0.3) is 0 Å². The molecule has 1 heterocycles. The molecule has 0 amide bonds. The highest BCUT2D eigenvalue weighted by molar-refractivity contribution is 5.30. The van der Waals surface area contributed by atoms with Gasteiger partial charge in [-0.3, -0.25) is 10.1 Å². The lowest BCUT2D eigenvalue weighted by Crippen LogP contribution is -2.25. The van der Waals surface area contributed by atoms with Gasteiger partial charge in [-0.25, -0.2) is 9.97 Å². The summed E-state index contributed by atoms with van der Waals surface area (Å²) < 4.78 is 0. The molecular weight excluding hydrogens is 236 g/mol. The number of aliphatic hydroxyl groups is 1. The predicted molar refractivity (Wildman–Crippen MR) is 65.1 cm³/mol. The Morgan fingerprint density at radius 1 is 1.44 bits per heavy atom. The van der Waals surface area contributed by atoms with Gasteiger partial charge in [-0.05, 0) is 25.2 Å². The van der Waals surface area contributed by atoms with Gasteiger partial charge in [0.05, 0.1) is 11.0 Å². The van der Waals surface area contributed by atoms with Crippen molar-refractivity contribution in [3.05, 3.63) is 22.5 Å². The fraction of sp³-hybridized carbons (Fsp3) is 0.636. The van der Waals surface area contributed by atoms with Gasteiger partial charge in [0.2, 0.25) is 5.95 Å². The molecule has 0 aromatic carbocycles. The fourth-order valence-corrected chi connectivity index (χ4v) is 2.19. The minimum Gasteiger partial charge on any atom is -0.393 e. The van der Waals surface area contributed by atoms with Gasteiger partial charge < -0.3 is 10.4 Å². The molecule has 0 radical (unpaired) electrons. The van der Waals surface area contributed by atoms with Crippen LogP contribution in [0.25, 0.3) is 0 Å². The van der Waals surface area contributed by atoms with E-state index in [0.29, 0.717) is 18.4 Å². The molecule has 0 aliphatic heterocycles. The van der Waals surface area contributed by atoms with E-state index in [9.17, 15) is 15.2 Å². The summed E-state index contributed by atoms with van der Waals surface area (Å²) in [7, 11) is 0. The van der Waals surface area contributed by atoms with Crippen molar-refractivity contribution >= 4 is 11.6 Å². The van der Waals surface area contributed by atoms with Gasteiger partial charge in [0.1, 0.15) is 12.4 Å². The number of aromatic nitrogens is 2. The molecule has 7 nitrogen and oxygen atoms in total. The van der Waals surface area contributed by atoms with Crippen LogP contribution in [0, 0.1) is 16.0 Å². The lowest BCUT2D eigenvalue weighted by molar-refractivity contribution is -0.385. The van der Waals surface area contributed by atoms with E-state index in [1.54, 1.807) is 0 Å². The molecule has 98 valence electrons. The molecule has 2 atom stereocenters. The highest BCUT2D eigenvalue weighted by Crippen LogP contribution is 2.24. The second-order valence-electron chi connectivity index (χ2n) is 4.59. The van der Waals surface area contributed by atoms with Crippen LogP contribution in [0.15, 0.2) is 12.4 Å². The number of hydrogen-bond donors (Lipinski definition) is 2. The lowest BCUT2D eigenvalue weighted by atomic mass is 9.87. The Bertz CT molecular complexity index is 409. The van der Waals surface area contributed by atoms with Crippen LogP contribution in [0.4, 0.5) is 11.6 Å². The zero-order chi connectivity index (χ0) is 13.0. The Hall–Kier alpha value is -1.76. The van der Waals surface area contributed by atoms with E-state index in [2.05, 4.69) is 15.3 Å². The summed E-state index contributed by atoms with van der Waals surface area (Å²) >= 11 is 0. The van der Waals surface area contributed by atoms with Crippen molar-refractivity contribution < 1.29 is 10.0 Å². The van der Waals surface area contributed by atoms with Crippen molar-refractivity contribution in [2.45, 2.75) is 31.8 Å². The third-order valence-electron chi connectivity index (χ3n) is 3.15. The highest BCUT2D eigenvalue weighted by Gasteiger charge is 2.20. The molecule has 7 heteroatoms. The third kappa shape index (κ3) is 3.36. The van der Waals surface area contributed by atoms with Crippen LogP contribution in [-0.2, 0) is 0 Å². The third-order valence-corrected chi connectivity index (χ3v) is 3.15. The summed E-state index contributed by atoms with van der Waals surface area (Å²) in [5, 5.41) is 23.0. The first-order valence-corrected chi connectivity index (χ1v) is 6.03. The fourth-order valence-electron chi connectivity index (χ4n) is 2.19. The molecule has 1 fully saturated rings. The number of nitrogens with zero attached hydrogens (tertiary/aromatic N) is 3. The van der Waals surface area contributed by atoms with E-state index in [1.165, 1.54) is 12.4 Å². The van der Waals surface area contributed by atoms with Crippen LogP contribution in [0.1, 0.15) is 25.7 Å². The van der Waals surface area contributed by atoms with Crippen LogP contribution >= 0.6 is 0 Å². The minimum atomic E-state index is -0.527. The molecule has 2 unspecified atom stereocenters. The van der Waals surface area contributed by atoms with Gasteiger partial charge in [0, 0.05) is 6.54 Å². The minimum absolute atomic E-state index is 0.117. The van der Waals surface area contributed by atoms with Crippen molar-refractivity contribution in [2.75, 3.05) is 11.9 Å². The van der Waals surface area contributed by atoms with Gasteiger partial charge in [-0.1, -0.05) is 6.42 Å². The van der Waals surface area contributed by atoms with E-state index < -0.39 is 4.92 Å². The topological polar surface area (TPSA) is 101 Å². The number of anilines is 1. The Labute approximate surface area is 104 Å².